The number of aliphatic hydroxyl groups is 1. The molecular formula is C22H29N5O2. The molecule has 1 amide bonds. The van der Waals surface area contributed by atoms with Crippen LogP contribution < -0.4 is 10.6 Å². The van der Waals surface area contributed by atoms with Crippen LogP contribution in [0.5, 0.6) is 0 Å². The van der Waals surface area contributed by atoms with Gasteiger partial charge in [0.25, 0.3) is 5.91 Å². The molecule has 0 radical (unpaired) electrons. The number of carbonyl (C=O) groups is 1. The predicted molar refractivity (Wildman–Crippen MR) is 113 cm³/mol. The Hall–Kier alpha value is -2.51. The molecule has 1 aromatic heterocycles. The minimum absolute atomic E-state index is 0.131. The van der Waals surface area contributed by atoms with Crippen molar-refractivity contribution in [2.75, 3.05) is 38.1 Å². The Morgan fingerprint density at radius 2 is 2.07 bits per heavy atom. The number of likely N-dealkylation sites (tertiary alicyclic amines) is 1. The van der Waals surface area contributed by atoms with Gasteiger partial charge in [-0.2, -0.15) is 0 Å². The highest BCUT2D eigenvalue weighted by atomic mass is 16.3. The SMILES string of the molecule is O=C1NCCc2c(NCCCN3CCCCC3CO)nc(-c3ccccc3)nc21. The van der Waals surface area contributed by atoms with Crippen LogP contribution in [0.15, 0.2) is 30.3 Å². The van der Waals surface area contributed by atoms with Crippen molar-refractivity contribution in [2.24, 2.45) is 0 Å². The highest BCUT2D eigenvalue weighted by Crippen LogP contribution is 2.25. The van der Waals surface area contributed by atoms with E-state index in [0.29, 0.717) is 24.1 Å². The molecular weight excluding hydrogens is 366 g/mol. The van der Waals surface area contributed by atoms with Crippen molar-refractivity contribution in [1.82, 2.24) is 20.2 Å². The molecule has 2 aliphatic heterocycles. The van der Waals surface area contributed by atoms with Crippen LogP contribution in [-0.4, -0.2) is 64.7 Å². The maximum absolute atomic E-state index is 12.4. The highest BCUT2D eigenvalue weighted by Gasteiger charge is 2.24. The number of nitrogens with one attached hydrogen (secondary N) is 2. The number of carbonyl (C=O) groups excluding carboxylic acids is 1. The molecule has 1 fully saturated rings. The first-order valence-electron chi connectivity index (χ1n) is 10.6. The van der Waals surface area contributed by atoms with E-state index < -0.39 is 0 Å². The molecule has 1 saturated heterocycles. The summed E-state index contributed by atoms with van der Waals surface area (Å²) >= 11 is 0. The zero-order valence-corrected chi connectivity index (χ0v) is 16.7. The molecule has 2 aliphatic rings. The predicted octanol–water partition coefficient (Wildman–Crippen LogP) is 2.08. The van der Waals surface area contributed by atoms with Crippen molar-refractivity contribution in [1.29, 1.82) is 0 Å². The first-order chi connectivity index (χ1) is 14.3. The van der Waals surface area contributed by atoms with Gasteiger partial charge in [-0.15, -0.1) is 0 Å². The summed E-state index contributed by atoms with van der Waals surface area (Å²) in [6.07, 6.45) is 5.19. The van der Waals surface area contributed by atoms with Crippen molar-refractivity contribution in [2.45, 2.75) is 38.1 Å². The van der Waals surface area contributed by atoms with Gasteiger partial charge < -0.3 is 15.7 Å². The minimum atomic E-state index is -0.131. The van der Waals surface area contributed by atoms with E-state index in [1.807, 2.05) is 30.3 Å². The van der Waals surface area contributed by atoms with Crippen LogP contribution in [0, 0.1) is 0 Å². The van der Waals surface area contributed by atoms with Crippen molar-refractivity contribution in [3.05, 3.63) is 41.6 Å². The summed E-state index contributed by atoms with van der Waals surface area (Å²) in [4.78, 5) is 24.1. The lowest BCUT2D eigenvalue weighted by Gasteiger charge is -2.34. The second-order valence-electron chi connectivity index (χ2n) is 7.74. The molecule has 2 aromatic rings. The highest BCUT2D eigenvalue weighted by molar-refractivity contribution is 5.96. The van der Waals surface area contributed by atoms with E-state index >= 15 is 0 Å². The summed E-state index contributed by atoms with van der Waals surface area (Å²) in [6, 6.07) is 10.1. The molecule has 0 spiro atoms. The number of anilines is 1. The van der Waals surface area contributed by atoms with Crippen molar-refractivity contribution in [3.63, 3.8) is 0 Å². The molecule has 3 heterocycles. The molecule has 29 heavy (non-hydrogen) atoms. The molecule has 7 nitrogen and oxygen atoms in total. The van der Waals surface area contributed by atoms with E-state index in [-0.39, 0.29) is 12.5 Å². The van der Waals surface area contributed by atoms with Crippen LogP contribution in [0.3, 0.4) is 0 Å². The number of nitrogens with zero attached hydrogens (tertiary/aromatic N) is 3. The Balaban J connectivity index is 1.47. The van der Waals surface area contributed by atoms with Crippen molar-refractivity contribution >= 4 is 11.7 Å². The molecule has 7 heteroatoms. The zero-order valence-electron chi connectivity index (χ0n) is 16.7. The molecule has 1 aromatic carbocycles. The fourth-order valence-electron chi connectivity index (χ4n) is 4.21. The van der Waals surface area contributed by atoms with Gasteiger partial charge in [-0.1, -0.05) is 36.8 Å². The Morgan fingerprint density at radius 1 is 1.21 bits per heavy atom. The minimum Gasteiger partial charge on any atom is -0.395 e. The monoisotopic (exact) mass is 395 g/mol. The maximum atomic E-state index is 12.4. The normalized spacial score (nSPS) is 19.5. The Kier molecular flexibility index (Phi) is 6.36. The van der Waals surface area contributed by atoms with Gasteiger partial charge in [0, 0.05) is 36.8 Å². The number of hydrogen-bond donors (Lipinski definition) is 3. The number of fused-ring (bicyclic) bond motifs is 1. The van der Waals surface area contributed by atoms with Gasteiger partial charge in [0.1, 0.15) is 11.5 Å². The molecule has 0 saturated carbocycles. The van der Waals surface area contributed by atoms with E-state index in [9.17, 15) is 9.90 Å². The van der Waals surface area contributed by atoms with Crippen molar-refractivity contribution in [3.8, 4) is 11.4 Å². The van der Waals surface area contributed by atoms with Crippen LogP contribution in [0.4, 0.5) is 5.82 Å². The summed E-state index contributed by atoms with van der Waals surface area (Å²) in [6.45, 7) is 3.64. The van der Waals surface area contributed by atoms with Crippen LogP contribution in [-0.2, 0) is 6.42 Å². The second kappa shape index (κ2) is 9.33. The molecule has 0 aliphatic carbocycles. The summed E-state index contributed by atoms with van der Waals surface area (Å²) in [5, 5.41) is 15.9. The zero-order chi connectivity index (χ0) is 20.1. The lowest BCUT2D eigenvalue weighted by atomic mass is 10.0. The van der Waals surface area contributed by atoms with Gasteiger partial charge in [0.2, 0.25) is 0 Å². The molecule has 1 atom stereocenters. The smallest absolute Gasteiger partial charge is 0.270 e. The first-order valence-corrected chi connectivity index (χ1v) is 10.6. The van der Waals surface area contributed by atoms with Crippen molar-refractivity contribution < 1.29 is 9.90 Å². The van der Waals surface area contributed by atoms with Gasteiger partial charge in [-0.3, -0.25) is 9.69 Å². The van der Waals surface area contributed by atoms with Gasteiger partial charge in [0.05, 0.1) is 6.61 Å². The van der Waals surface area contributed by atoms with E-state index in [0.717, 1.165) is 55.8 Å². The van der Waals surface area contributed by atoms with E-state index in [2.05, 4.69) is 20.5 Å². The number of aliphatic hydroxyl groups excluding tert-OH is 1. The largest absolute Gasteiger partial charge is 0.395 e. The number of rotatable bonds is 7. The third-order valence-electron chi connectivity index (χ3n) is 5.79. The average Bonchev–Trinajstić information content (AvgIpc) is 2.78. The molecule has 0 bridgehead atoms. The third-order valence-corrected chi connectivity index (χ3v) is 5.79. The Labute approximate surface area is 171 Å². The summed E-state index contributed by atoms with van der Waals surface area (Å²) in [5.74, 6) is 1.20. The molecule has 4 rings (SSSR count). The fourth-order valence-corrected chi connectivity index (χ4v) is 4.21. The Bertz CT molecular complexity index is 843. The average molecular weight is 396 g/mol. The number of amides is 1. The summed E-state index contributed by atoms with van der Waals surface area (Å²) in [7, 11) is 0. The quantitative estimate of drug-likeness (QED) is 0.622. The molecule has 1 unspecified atom stereocenters. The van der Waals surface area contributed by atoms with Gasteiger partial charge >= 0.3 is 0 Å². The lowest BCUT2D eigenvalue weighted by Crippen LogP contribution is -2.42. The van der Waals surface area contributed by atoms with Crippen LogP contribution in [0.1, 0.15) is 41.7 Å². The van der Waals surface area contributed by atoms with Crippen LogP contribution in [0.25, 0.3) is 11.4 Å². The Morgan fingerprint density at radius 3 is 2.90 bits per heavy atom. The topological polar surface area (TPSA) is 90.4 Å². The number of piperidine rings is 1. The fraction of sp³-hybridized carbons (Fsp3) is 0.500. The first kappa shape index (κ1) is 19.8. The summed E-state index contributed by atoms with van der Waals surface area (Å²) < 4.78 is 0. The number of aromatic nitrogens is 2. The van der Waals surface area contributed by atoms with Gasteiger partial charge in [-0.25, -0.2) is 9.97 Å². The van der Waals surface area contributed by atoms with E-state index in [1.165, 1.54) is 12.8 Å². The molecule has 3 N–H and O–H groups in total. The standard InChI is InChI=1S/C22H29N5O2/c28-15-17-9-4-5-13-27(17)14-6-11-23-21-18-10-12-24-22(29)19(18)25-20(26-21)16-7-2-1-3-8-16/h1-3,7-8,17,28H,4-6,9-15H2,(H,24,29)(H,23,25,26). The van der Waals surface area contributed by atoms with E-state index in [4.69, 9.17) is 4.98 Å². The van der Waals surface area contributed by atoms with Crippen LogP contribution in [0.2, 0.25) is 0 Å². The number of benzene rings is 1. The van der Waals surface area contributed by atoms with Gasteiger partial charge in [-0.05, 0) is 32.2 Å². The van der Waals surface area contributed by atoms with Gasteiger partial charge in [0.15, 0.2) is 5.82 Å². The maximum Gasteiger partial charge on any atom is 0.270 e. The lowest BCUT2D eigenvalue weighted by molar-refractivity contribution is 0.0901. The summed E-state index contributed by atoms with van der Waals surface area (Å²) in [5.41, 5.74) is 2.28. The van der Waals surface area contributed by atoms with E-state index in [1.54, 1.807) is 0 Å². The van der Waals surface area contributed by atoms with Crippen LogP contribution >= 0.6 is 0 Å². The third kappa shape index (κ3) is 4.57. The second-order valence-corrected chi connectivity index (χ2v) is 7.74. The number of hydrogen-bond acceptors (Lipinski definition) is 6. The molecule has 154 valence electrons.